The van der Waals surface area contributed by atoms with Gasteiger partial charge in [0.05, 0.1) is 16.3 Å². The zero-order valence-corrected chi connectivity index (χ0v) is 16.4. The van der Waals surface area contributed by atoms with Crippen LogP contribution in [0.3, 0.4) is 0 Å². The summed E-state index contributed by atoms with van der Waals surface area (Å²) in [5.41, 5.74) is 2.33. The van der Waals surface area contributed by atoms with Crippen LogP contribution in [0.2, 0.25) is 0 Å². The molecule has 0 fully saturated rings. The molecule has 3 rings (SSSR count). The Morgan fingerprint density at radius 3 is 2.27 bits per heavy atom. The third-order valence-corrected chi connectivity index (χ3v) is 5.91. The van der Waals surface area contributed by atoms with Crippen molar-refractivity contribution in [1.29, 1.82) is 0 Å². The lowest BCUT2D eigenvalue weighted by Crippen LogP contribution is -2.01. The predicted octanol–water partition coefficient (Wildman–Crippen LogP) is 4.95. The summed E-state index contributed by atoms with van der Waals surface area (Å²) in [5.74, 6) is 0. The van der Waals surface area contributed by atoms with Gasteiger partial charge in [-0.2, -0.15) is 5.10 Å². The maximum atomic E-state index is 13.2. The number of nitrogens with zero attached hydrogens (tertiary/aromatic N) is 2. The van der Waals surface area contributed by atoms with E-state index in [1.54, 1.807) is 24.3 Å². The maximum absolute atomic E-state index is 13.2. The van der Waals surface area contributed by atoms with Crippen LogP contribution in [-0.2, 0) is 9.84 Å². The first-order chi connectivity index (χ1) is 12.2. The first-order valence-electron chi connectivity index (χ1n) is 7.62. The van der Waals surface area contributed by atoms with Gasteiger partial charge in [0.2, 0.25) is 0 Å². The van der Waals surface area contributed by atoms with Crippen molar-refractivity contribution in [3.8, 4) is 16.9 Å². The van der Waals surface area contributed by atoms with E-state index in [2.05, 4.69) is 21.0 Å². The van der Waals surface area contributed by atoms with Crippen LogP contribution < -0.4 is 0 Å². The van der Waals surface area contributed by atoms with Gasteiger partial charge >= 0.3 is 0 Å². The van der Waals surface area contributed by atoms with E-state index < -0.39 is 16.3 Å². The molecule has 2 aromatic carbocycles. The van der Waals surface area contributed by atoms with Gasteiger partial charge < -0.3 is 0 Å². The number of aromatic nitrogens is 2. The molecule has 0 aliphatic carbocycles. The van der Waals surface area contributed by atoms with Crippen molar-refractivity contribution in [3.63, 3.8) is 0 Å². The fourth-order valence-corrected chi connectivity index (χ4v) is 3.49. The normalized spacial score (nSPS) is 11.9. The number of hydrogen-bond acceptors (Lipinski definition) is 3. The molecule has 1 heterocycles. The highest BCUT2D eigenvalue weighted by molar-refractivity contribution is 9.10. The van der Waals surface area contributed by atoms with Gasteiger partial charge in [0.1, 0.15) is 5.69 Å². The van der Waals surface area contributed by atoms with E-state index >= 15 is 0 Å². The molecular weight excluding hydrogens is 426 g/mol. The van der Waals surface area contributed by atoms with E-state index in [0.717, 1.165) is 16.3 Å². The second kappa shape index (κ2) is 6.92. The molecule has 0 saturated carbocycles. The molecule has 0 amide bonds. The number of sulfone groups is 1. The molecule has 0 unspecified atom stereocenters. The summed E-state index contributed by atoms with van der Waals surface area (Å²) in [5, 5.41) is 4.03. The summed E-state index contributed by atoms with van der Waals surface area (Å²) < 4.78 is 51.9. The molecule has 0 aliphatic heterocycles. The number of aryl methyl sites for hydroxylation is 1. The monoisotopic (exact) mass is 440 g/mol. The Balaban J connectivity index is 2.15. The van der Waals surface area contributed by atoms with Crippen molar-refractivity contribution in [2.45, 2.75) is 18.2 Å². The molecule has 0 radical (unpaired) electrons. The number of halogens is 3. The Morgan fingerprint density at radius 2 is 1.73 bits per heavy atom. The van der Waals surface area contributed by atoms with E-state index in [9.17, 15) is 17.2 Å². The van der Waals surface area contributed by atoms with Crippen LogP contribution >= 0.6 is 15.9 Å². The largest absolute Gasteiger partial charge is 0.282 e. The Morgan fingerprint density at radius 1 is 1.08 bits per heavy atom. The summed E-state index contributed by atoms with van der Waals surface area (Å²) in [6.45, 7) is 1.92. The Kier molecular flexibility index (Phi) is 4.98. The highest BCUT2D eigenvalue weighted by atomic mass is 79.9. The highest BCUT2D eigenvalue weighted by Gasteiger charge is 2.18. The third-order valence-electron chi connectivity index (χ3n) is 3.93. The van der Waals surface area contributed by atoms with Crippen LogP contribution in [0, 0.1) is 6.92 Å². The number of alkyl halides is 2. The lowest BCUT2D eigenvalue weighted by atomic mass is 10.1. The van der Waals surface area contributed by atoms with Gasteiger partial charge in [-0.15, -0.1) is 0 Å². The van der Waals surface area contributed by atoms with Crippen molar-refractivity contribution in [1.82, 2.24) is 9.78 Å². The van der Waals surface area contributed by atoms with E-state index in [-0.39, 0.29) is 10.6 Å². The Hall–Kier alpha value is -2.06. The van der Waals surface area contributed by atoms with Gasteiger partial charge in [0.25, 0.3) is 6.43 Å². The van der Waals surface area contributed by atoms with Gasteiger partial charge in [0.15, 0.2) is 9.84 Å². The molecule has 0 saturated heterocycles. The molecule has 0 bridgehead atoms. The van der Waals surface area contributed by atoms with Gasteiger partial charge in [-0.25, -0.2) is 21.9 Å². The van der Waals surface area contributed by atoms with Crippen LogP contribution in [0.25, 0.3) is 16.9 Å². The minimum Gasteiger partial charge on any atom is -0.233 e. The number of rotatable bonds is 4. The quantitative estimate of drug-likeness (QED) is 0.576. The zero-order chi connectivity index (χ0) is 19.1. The molecule has 0 N–H and O–H groups in total. The Bertz CT molecular complexity index is 1060. The third kappa shape index (κ3) is 3.71. The van der Waals surface area contributed by atoms with Gasteiger partial charge in [0, 0.05) is 16.3 Å². The van der Waals surface area contributed by atoms with Crippen LogP contribution in [0.1, 0.15) is 17.7 Å². The van der Waals surface area contributed by atoms with Gasteiger partial charge in [-0.1, -0.05) is 34.1 Å². The molecule has 8 heteroatoms. The van der Waals surface area contributed by atoms with Gasteiger partial charge in [-0.05, 0) is 42.8 Å². The minimum absolute atomic E-state index is 0.166. The molecule has 4 nitrogen and oxygen atoms in total. The van der Waals surface area contributed by atoms with Crippen molar-refractivity contribution >= 4 is 25.8 Å². The van der Waals surface area contributed by atoms with E-state index in [0.29, 0.717) is 16.9 Å². The summed E-state index contributed by atoms with van der Waals surface area (Å²) in [6.07, 6.45) is -1.59. The summed E-state index contributed by atoms with van der Waals surface area (Å²) >= 11 is 3.44. The number of benzene rings is 2. The van der Waals surface area contributed by atoms with Crippen LogP contribution in [0.15, 0.2) is 57.9 Å². The summed E-state index contributed by atoms with van der Waals surface area (Å²) in [4.78, 5) is 0.166. The van der Waals surface area contributed by atoms with E-state index in [4.69, 9.17) is 0 Å². The molecule has 0 atom stereocenters. The minimum atomic E-state index is -3.33. The molecular formula is C18H15BrF2N2O2S. The smallest absolute Gasteiger partial charge is 0.233 e. The van der Waals surface area contributed by atoms with E-state index in [1.165, 1.54) is 22.9 Å². The van der Waals surface area contributed by atoms with Crippen LogP contribution in [-0.4, -0.2) is 24.5 Å². The van der Waals surface area contributed by atoms with Crippen molar-refractivity contribution in [3.05, 3.63) is 64.3 Å². The second-order valence-corrected chi connectivity index (χ2v) is 8.77. The van der Waals surface area contributed by atoms with Crippen LogP contribution in [0.4, 0.5) is 8.78 Å². The molecule has 0 spiro atoms. The average Bonchev–Trinajstić information content (AvgIpc) is 3.02. The average molecular weight is 441 g/mol. The van der Waals surface area contributed by atoms with Gasteiger partial charge in [-0.3, -0.25) is 0 Å². The Labute approximate surface area is 158 Å². The topological polar surface area (TPSA) is 52.0 Å². The standard InChI is InChI=1S/C18H15BrF2N2O2S/c1-11-3-6-13(9-15(11)19)23-17(10-16(22-23)18(20)21)12-4-7-14(8-5-12)26(2,24)25/h3-10,18H,1-2H3. The van der Waals surface area contributed by atoms with E-state index in [1.807, 2.05) is 13.0 Å². The number of hydrogen-bond donors (Lipinski definition) is 0. The second-order valence-electron chi connectivity index (χ2n) is 5.90. The SMILES string of the molecule is Cc1ccc(-n2nc(C(F)F)cc2-c2ccc(S(C)(=O)=O)cc2)cc1Br. The summed E-state index contributed by atoms with van der Waals surface area (Å²) in [7, 11) is -3.33. The summed E-state index contributed by atoms with van der Waals surface area (Å²) in [6, 6.07) is 12.8. The fourth-order valence-electron chi connectivity index (χ4n) is 2.49. The lowest BCUT2D eigenvalue weighted by molar-refractivity contribution is 0.145. The molecule has 136 valence electrons. The molecule has 3 aromatic rings. The highest BCUT2D eigenvalue weighted by Crippen LogP contribution is 2.30. The molecule has 26 heavy (non-hydrogen) atoms. The lowest BCUT2D eigenvalue weighted by Gasteiger charge is -2.10. The molecule has 1 aromatic heterocycles. The van der Waals surface area contributed by atoms with Crippen molar-refractivity contribution < 1.29 is 17.2 Å². The first-order valence-corrected chi connectivity index (χ1v) is 10.3. The van der Waals surface area contributed by atoms with Crippen LogP contribution in [0.5, 0.6) is 0 Å². The van der Waals surface area contributed by atoms with Crippen molar-refractivity contribution in [2.75, 3.05) is 6.26 Å². The molecule has 0 aliphatic rings. The zero-order valence-electron chi connectivity index (χ0n) is 13.9. The first kappa shape index (κ1) is 18.7. The maximum Gasteiger partial charge on any atom is 0.282 e. The predicted molar refractivity (Wildman–Crippen MR) is 99.5 cm³/mol. The van der Waals surface area contributed by atoms with Crippen molar-refractivity contribution in [2.24, 2.45) is 0 Å². The fraction of sp³-hybridized carbons (Fsp3) is 0.167.